The number of oxime groups is 1. The molecule has 0 aromatic heterocycles. The van der Waals surface area contributed by atoms with Crippen LogP contribution in [0, 0.1) is 17.6 Å². The minimum atomic E-state index is -0.992. The Labute approximate surface area is 246 Å². The average molecular weight is 586 g/mol. The van der Waals surface area contributed by atoms with Gasteiger partial charge in [-0.3, -0.25) is 4.90 Å². The number of nitrogens with zero attached hydrogens (tertiary/aromatic N) is 3. The summed E-state index contributed by atoms with van der Waals surface area (Å²) in [5.41, 5.74) is 3.75. The summed E-state index contributed by atoms with van der Waals surface area (Å²) in [7, 11) is 2.09. The fraction of sp³-hybridized carbons (Fsp3) is 0.182. The van der Waals surface area contributed by atoms with Gasteiger partial charge in [-0.05, 0) is 84.9 Å². The SMILES string of the molecule is CN1C/C(=C\c2ccc(F)cc2)[C@]23ON=C(c4ccc(Cl)cc4)N2c2ccccc2S[C@@H](c2ccc(F)cc2)[C@@H]3C1. The summed E-state index contributed by atoms with van der Waals surface area (Å²) in [6, 6.07) is 29.2. The number of thioether (sulfide) groups is 1. The summed E-state index contributed by atoms with van der Waals surface area (Å²) < 4.78 is 27.9. The number of likely N-dealkylation sites (N-methyl/N-ethyl adjacent to an activating group) is 1. The first-order valence-corrected chi connectivity index (χ1v) is 14.7. The van der Waals surface area contributed by atoms with E-state index in [1.54, 1.807) is 23.9 Å². The number of fused-ring (bicyclic) bond motifs is 2. The molecule has 3 aliphatic rings. The molecule has 0 amide bonds. The van der Waals surface area contributed by atoms with Crippen LogP contribution in [0.25, 0.3) is 6.08 Å². The molecule has 4 aromatic carbocycles. The van der Waals surface area contributed by atoms with E-state index in [9.17, 15) is 8.78 Å². The van der Waals surface area contributed by atoms with Crippen molar-refractivity contribution < 1.29 is 13.6 Å². The van der Waals surface area contributed by atoms with Gasteiger partial charge in [0.1, 0.15) is 11.6 Å². The molecule has 0 bridgehead atoms. The Balaban J connectivity index is 1.49. The van der Waals surface area contributed by atoms with E-state index in [-0.39, 0.29) is 22.8 Å². The Hall–Kier alpha value is -3.65. The van der Waals surface area contributed by atoms with Crippen molar-refractivity contribution in [1.29, 1.82) is 0 Å². The molecule has 0 radical (unpaired) electrons. The topological polar surface area (TPSA) is 28.1 Å². The minimum Gasteiger partial charge on any atom is -0.359 e. The largest absolute Gasteiger partial charge is 0.359 e. The highest BCUT2D eigenvalue weighted by molar-refractivity contribution is 7.99. The lowest BCUT2D eigenvalue weighted by atomic mass is 9.77. The van der Waals surface area contributed by atoms with Gasteiger partial charge in [-0.15, -0.1) is 11.8 Å². The third-order valence-corrected chi connectivity index (χ3v) is 9.67. The van der Waals surface area contributed by atoms with Crippen LogP contribution in [-0.4, -0.2) is 36.6 Å². The molecule has 3 heterocycles. The highest BCUT2D eigenvalue weighted by Gasteiger charge is 2.62. The molecule has 206 valence electrons. The molecular formula is C33H26ClF2N3OS. The lowest BCUT2D eigenvalue weighted by molar-refractivity contribution is -0.0595. The molecule has 1 fully saturated rings. The van der Waals surface area contributed by atoms with Crippen LogP contribution in [-0.2, 0) is 4.84 Å². The van der Waals surface area contributed by atoms with Crippen LogP contribution in [0.5, 0.6) is 0 Å². The van der Waals surface area contributed by atoms with E-state index in [0.29, 0.717) is 23.9 Å². The van der Waals surface area contributed by atoms with Crippen molar-refractivity contribution in [2.75, 3.05) is 25.0 Å². The van der Waals surface area contributed by atoms with E-state index in [2.05, 4.69) is 35.1 Å². The van der Waals surface area contributed by atoms with Crippen LogP contribution in [0.4, 0.5) is 14.5 Å². The van der Waals surface area contributed by atoms with Gasteiger partial charge in [0, 0.05) is 39.4 Å². The summed E-state index contributed by atoms with van der Waals surface area (Å²) in [4.78, 5) is 12.3. The van der Waals surface area contributed by atoms with Crippen LogP contribution < -0.4 is 4.90 Å². The maximum absolute atomic E-state index is 14.1. The third kappa shape index (κ3) is 4.53. The fourth-order valence-corrected chi connectivity index (χ4v) is 7.72. The Morgan fingerprint density at radius 3 is 2.34 bits per heavy atom. The van der Waals surface area contributed by atoms with Crippen molar-refractivity contribution in [3.8, 4) is 0 Å². The van der Waals surface area contributed by atoms with Crippen molar-refractivity contribution in [2.45, 2.75) is 15.9 Å². The highest BCUT2D eigenvalue weighted by Crippen LogP contribution is 2.59. The molecule has 4 aromatic rings. The second kappa shape index (κ2) is 10.3. The number of anilines is 1. The molecule has 3 atom stereocenters. The van der Waals surface area contributed by atoms with Gasteiger partial charge in [0.15, 0.2) is 5.84 Å². The Bertz CT molecular complexity index is 1660. The number of hydrogen-bond donors (Lipinski definition) is 0. The first-order chi connectivity index (χ1) is 19.9. The van der Waals surface area contributed by atoms with E-state index < -0.39 is 5.72 Å². The predicted octanol–water partition coefficient (Wildman–Crippen LogP) is 8.01. The highest BCUT2D eigenvalue weighted by atomic mass is 35.5. The van der Waals surface area contributed by atoms with Gasteiger partial charge in [0.2, 0.25) is 5.72 Å². The molecule has 0 unspecified atom stereocenters. The van der Waals surface area contributed by atoms with E-state index in [4.69, 9.17) is 21.6 Å². The first-order valence-electron chi connectivity index (χ1n) is 13.4. The van der Waals surface area contributed by atoms with Gasteiger partial charge < -0.3 is 9.74 Å². The van der Waals surface area contributed by atoms with Gasteiger partial charge in [-0.2, -0.15) is 0 Å². The first kappa shape index (κ1) is 26.3. The molecule has 8 heteroatoms. The van der Waals surface area contributed by atoms with Gasteiger partial charge in [0.25, 0.3) is 0 Å². The van der Waals surface area contributed by atoms with Crippen LogP contribution in [0.3, 0.4) is 0 Å². The van der Waals surface area contributed by atoms with Crippen molar-refractivity contribution in [2.24, 2.45) is 11.1 Å². The summed E-state index contributed by atoms with van der Waals surface area (Å²) in [6.07, 6.45) is 2.09. The number of amidine groups is 1. The summed E-state index contributed by atoms with van der Waals surface area (Å²) >= 11 is 8.02. The van der Waals surface area contributed by atoms with Crippen LogP contribution in [0.2, 0.25) is 5.02 Å². The van der Waals surface area contributed by atoms with Crippen LogP contribution in [0.1, 0.15) is 21.9 Å². The molecule has 1 spiro atoms. The number of likely N-dealkylation sites (tertiary alicyclic amines) is 1. The van der Waals surface area contributed by atoms with Gasteiger partial charge >= 0.3 is 0 Å². The third-order valence-electron chi connectivity index (χ3n) is 7.96. The smallest absolute Gasteiger partial charge is 0.244 e. The molecule has 0 aliphatic carbocycles. The normalized spacial score (nSPS) is 24.6. The molecule has 3 aliphatic heterocycles. The summed E-state index contributed by atoms with van der Waals surface area (Å²) in [6.45, 7) is 1.33. The monoisotopic (exact) mass is 585 g/mol. The zero-order valence-electron chi connectivity index (χ0n) is 22.2. The molecule has 1 saturated heterocycles. The van der Waals surface area contributed by atoms with Crippen molar-refractivity contribution >= 4 is 41.0 Å². The van der Waals surface area contributed by atoms with Gasteiger partial charge in [-0.1, -0.05) is 53.2 Å². The molecule has 41 heavy (non-hydrogen) atoms. The average Bonchev–Trinajstić information content (AvgIpc) is 3.31. The van der Waals surface area contributed by atoms with E-state index >= 15 is 0 Å². The minimum absolute atomic E-state index is 0.0825. The van der Waals surface area contributed by atoms with Crippen molar-refractivity contribution in [1.82, 2.24) is 4.90 Å². The standard InChI is InChI=1S/C33H26ClF2N3OS/c1-38-19-24(18-21-6-14-26(35)15-7-21)33-28(20-38)31(22-10-16-27(36)17-11-22)41-30-5-3-2-4-29(30)39(33)32(37-40-33)23-8-12-25(34)13-9-23/h2-18,28,31H,19-20H2,1H3/b24-18+/t28-,31-,33+/m0/s1. The number of benzene rings is 4. The lowest BCUT2D eigenvalue weighted by Crippen LogP contribution is -2.63. The Morgan fingerprint density at radius 1 is 0.927 bits per heavy atom. The van der Waals surface area contributed by atoms with Gasteiger partial charge in [0.05, 0.1) is 11.6 Å². The van der Waals surface area contributed by atoms with Crippen LogP contribution in [0.15, 0.2) is 113 Å². The lowest BCUT2D eigenvalue weighted by Gasteiger charge is -2.50. The Kier molecular flexibility index (Phi) is 6.61. The van der Waals surface area contributed by atoms with Crippen molar-refractivity contribution in [3.63, 3.8) is 0 Å². The predicted molar refractivity (Wildman–Crippen MR) is 161 cm³/mol. The van der Waals surface area contributed by atoms with E-state index in [1.165, 1.54) is 24.3 Å². The number of halogens is 3. The quantitative estimate of drug-likeness (QED) is 0.243. The maximum Gasteiger partial charge on any atom is 0.244 e. The second-order valence-corrected chi connectivity index (χ2v) is 12.2. The zero-order chi connectivity index (χ0) is 28.1. The van der Waals surface area contributed by atoms with Crippen molar-refractivity contribution in [3.05, 3.63) is 136 Å². The molecule has 4 nitrogen and oxygen atoms in total. The summed E-state index contributed by atoms with van der Waals surface area (Å²) in [5, 5.41) is 5.34. The number of para-hydroxylation sites is 1. The van der Waals surface area contributed by atoms with Gasteiger partial charge in [-0.25, -0.2) is 8.78 Å². The number of rotatable bonds is 3. The van der Waals surface area contributed by atoms with Crippen LogP contribution >= 0.6 is 23.4 Å². The molecule has 7 rings (SSSR count). The maximum atomic E-state index is 14.1. The second-order valence-electron chi connectivity index (χ2n) is 10.6. The molecule has 0 N–H and O–H groups in total. The number of piperidine rings is 1. The van der Waals surface area contributed by atoms with E-state index in [0.717, 1.165) is 32.8 Å². The molecular weight excluding hydrogens is 560 g/mol. The Morgan fingerprint density at radius 2 is 1.61 bits per heavy atom. The fourth-order valence-electron chi connectivity index (χ4n) is 6.15. The number of hydrogen-bond acceptors (Lipinski definition) is 5. The zero-order valence-corrected chi connectivity index (χ0v) is 23.7. The molecule has 0 saturated carbocycles. The van der Waals surface area contributed by atoms with E-state index in [1.807, 2.05) is 48.5 Å². The summed E-state index contributed by atoms with van der Waals surface area (Å²) in [5.74, 6) is 0.0119.